The number of non-ortho nitro benzene ring substituents is 1. The number of hydrogen-bond donors (Lipinski definition) is 2. The zero-order valence-corrected chi connectivity index (χ0v) is 12.9. The van der Waals surface area contributed by atoms with Gasteiger partial charge in [-0.1, -0.05) is 12.1 Å². The summed E-state index contributed by atoms with van der Waals surface area (Å²) in [4.78, 5) is 25.9. The fraction of sp³-hybridized carbons (Fsp3) is 0.118. The van der Waals surface area contributed by atoms with Gasteiger partial charge < -0.3 is 15.0 Å². The number of aromatic nitrogens is 1. The molecule has 0 aliphatic carbocycles. The smallest absolute Gasteiger partial charge is 0.272 e. The first-order valence-electron chi connectivity index (χ1n) is 7.25. The minimum absolute atomic E-state index is 0.125. The first-order valence-corrected chi connectivity index (χ1v) is 7.25. The van der Waals surface area contributed by atoms with Crippen LogP contribution in [0.15, 0.2) is 48.7 Å². The van der Waals surface area contributed by atoms with Crippen molar-refractivity contribution < 1.29 is 14.5 Å². The van der Waals surface area contributed by atoms with Crippen LogP contribution in [0.3, 0.4) is 0 Å². The van der Waals surface area contributed by atoms with Gasteiger partial charge in [-0.3, -0.25) is 14.9 Å². The number of H-pyrrole nitrogens is 1. The number of nitrogens with one attached hydrogen (secondary N) is 2. The normalized spacial score (nSPS) is 10.5. The third-order valence-corrected chi connectivity index (χ3v) is 3.72. The number of carbonyl (C=O) groups excluding carboxylic acids is 1. The molecular weight excluding hydrogens is 310 g/mol. The molecule has 0 spiro atoms. The largest absolute Gasteiger partial charge is 0.497 e. The van der Waals surface area contributed by atoms with Gasteiger partial charge in [-0.15, -0.1) is 0 Å². The highest BCUT2D eigenvalue weighted by Crippen LogP contribution is 2.24. The SMILES string of the molecule is COc1ccc(CNC(=O)c2cc([N+](=O)[O-])cc3[nH]ccc23)cc1. The van der Waals surface area contributed by atoms with Crippen molar-refractivity contribution >= 4 is 22.5 Å². The van der Waals surface area contributed by atoms with E-state index < -0.39 is 4.92 Å². The molecule has 7 nitrogen and oxygen atoms in total. The Labute approximate surface area is 137 Å². The van der Waals surface area contributed by atoms with E-state index in [4.69, 9.17) is 4.74 Å². The van der Waals surface area contributed by atoms with Crippen LogP contribution in [-0.4, -0.2) is 22.9 Å². The number of hydrogen-bond acceptors (Lipinski definition) is 4. The zero-order valence-electron chi connectivity index (χ0n) is 12.9. The Morgan fingerprint density at radius 2 is 2.00 bits per heavy atom. The number of aromatic amines is 1. The van der Waals surface area contributed by atoms with Gasteiger partial charge in [0, 0.05) is 30.3 Å². The van der Waals surface area contributed by atoms with Gasteiger partial charge in [-0.25, -0.2) is 0 Å². The van der Waals surface area contributed by atoms with Crippen LogP contribution in [0.5, 0.6) is 5.75 Å². The molecule has 0 bridgehead atoms. The van der Waals surface area contributed by atoms with E-state index in [9.17, 15) is 14.9 Å². The van der Waals surface area contributed by atoms with E-state index in [1.807, 2.05) is 12.1 Å². The Bertz CT molecular complexity index is 900. The molecule has 3 rings (SSSR count). The van der Waals surface area contributed by atoms with Crippen LogP contribution in [0.1, 0.15) is 15.9 Å². The van der Waals surface area contributed by atoms with Crippen molar-refractivity contribution in [3.8, 4) is 5.75 Å². The average Bonchev–Trinajstić information content (AvgIpc) is 3.07. The number of nitrogens with zero attached hydrogens (tertiary/aromatic N) is 1. The van der Waals surface area contributed by atoms with Crippen LogP contribution in [0.25, 0.3) is 10.9 Å². The van der Waals surface area contributed by atoms with E-state index >= 15 is 0 Å². The Morgan fingerprint density at radius 1 is 1.25 bits per heavy atom. The fourth-order valence-electron chi connectivity index (χ4n) is 2.47. The molecule has 0 unspecified atom stereocenters. The topological polar surface area (TPSA) is 97.3 Å². The second-order valence-corrected chi connectivity index (χ2v) is 5.22. The van der Waals surface area contributed by atoms with Crippen LogP contribution in [0, 0.1) is 10.1 Å². The van der Waals surface area contributed by atoms with Gasteiger partial charge in [0.25, 0.3) is 11.6 Å². The summed E-state index contributed by atoms with van der Waals surface area (Å²) in [7, 11) is 1.58. The lowest BCUT2D eigenvalue weighted by molar-refractivity contribution is -0.384. The summed E-state index contributed by atoms with van der Waals surface area (Å²) in [5.41, 5.74) is 1.60. The number of nitro benzene ring substituents is 1. The van der Waals surface area contributed by atoms with Gasteiger partial charge in [-0.05, 0) is 23.8 Å². The quantitative estimate of drug-likeness (QED) is 0.556. The third kappa shape index (κ3) is 3.05. The summed E-state index contributed by atoms with van der Waals surface area (Å²) >= 11 is 0. The first-order chi connectivity index (χ1) is 11.6. The molecule has 1 heterocycles. The summed E-state index contributed by atoms with van der Waals surface area (Å²) in [6.07, 6.45) is 1.65. The number of fused-ring (bicyclic) bond motifs is 1. The maximum Gasteiger partial charge on any atom is 0.272 e. The summed E-state index contributed by atoms with van der Waals surface area (Å²) in [5.74, 6) is 0.372. The molecule has 0 radical (unpaired) electrons. The first kappa shape index (κ1) is 15.5. The number of benzene rings is 2. The fourth-order valence-corrected chi connectivity index (χ4v) is 2.47. The standard InChI is InChI=1S/C17H15N3O4/c1-24-13-4-2-11(3-5-13)10-19-17(21)15-8-12(20(22)23)9-16-14(15)6-7-18-16/h2-9,18H,10H2,1H3,(H,19,21). The van der Waals surface area contributed by atoms with Crippen LogP contribution >= 0.6 is 0 Å². The van der Waals surface area contributed by atoms with Crippen LogP contribution in [0.4, 0.5) is 5.69 Å². The van der Waals surface area contributed by atoms with Crippen LogP contribution < -0.4 is 10.1 Å². The molecule has 1 amide bonds. The number of carbonyl (C=O) groups is 1. The molecule has 0 saturated carbocycles. The Balaban J connectivity index is 1.82. The Hall–Kier alpha value is -3.35. The van der Waals surface area contributed by atoms with Gasteiger partial charge in [0.05, 0.1) is 23.1 Å². The number of nitro groups is 1. The molecule has 0 aliphatic heterocycles. The maximum atomic E-state index is 12.5. The van der Waals surface area contributed by atoms with Gasteiger partial charge >= 0.3 is 0 Å². The maximum absolute atomic E-state index is 12.5. The van der Waals surface area contributed by atoms with Crippen molar-refractivity contribution in [3.63, 3.8) is 0 Å². The Kier molecular flexibility index (Phi) is 4.15. The molecule has 1 aromatic heterocycles. The van der Waals surface area contributed by atoms with E-state index in [0.29, 0.717) is 17.4 Å². The number of ether oxygens (including phenoxy) is 1. The van der Waals surface area contributed by atoms with E-state index in [1.54, 1.807) is 31.5 Å². The van der Waals surface area contributed by atoms with E-state index in [2.05, 4.69) is 10.3 Å². The lowest BCUT2D eigenvalue weighted by Crippen LogP contribution is -2.23. The van der Waals surface area contributed by atoms with Crippen LogP contribution in [0.2, 0.25) is 0 Å². The van der Waals surface area contributed by atoms with Crippen molar-refractivity contribution in [3.05, 3.63) is 69.9 Å². The predicted molar refractivity (Wildman–Crippen MR) is 89.1 cm³/mol. The highest BCUT2D eigenvalue weighted by molar-refractivity contribution is 6.07. The molecule has 122 valence electrons. The molecule has 2 aromatic carbocycles. The van der Waals surface area contributed by atoms with Gasteiger partial charge in [0.15, 0.2) is 0 Å². The van der Waals surface area contributed by atoms with Gasteiger partial charge in [-0.2, -0.15) is 0 Å². The van der Waals surface area contributed by atoms with Gasteiger partial charge in [0.2, 0.25) is 0 Å². The second-order valence-electron chi connectivity index (χ2n) is 5.22. The van der Waals surface area contributed by atoms with E-state index in [1.165, 1.54) is 12.1 Å². The zero-order chi connectivity index (χ0) is 17.1. The van der Waals surface area contributed by atoms with Crippen molar-refractivity contribution in [2.75, 3.05) is 7.11 Å². The summed E-state index contributed by atoms with van der Waals surface area (Å²) < 4.78 is 5.08. The van der Waals surface area contributed by atoms with Gasteiger partial charge in [0.1, 0.15) is 5.75 Å². The molecule has 0 atom stereocenters. The highest BCUT2D eigenvalue weighted by atomic mass is 16.6. The molecule has 2 N–H and O–H groups in total. The minimum atomic E-state index is -0.513. The average molecular weight is 325 g/mol. The molecule has 0 aliphatic rings. The Morgan fingerprint density at radius 3 is 2.67 bits per heavy atom. The predicted octanol–water partition coefficient (Wildman–Crippen LogP) is 3.01. The second kappa shape index (κ2) is 6.41. The third-order valence-electron chi connectivity index (χ3n) is 3.72. The molecular formula is C17H15N3O4. The van der Waals surface area contributed by atoms with Crippen molar-refractivity contribution in [2.45, 2.75) is 6.54 Å². The number of methoxy groups -OCH3 is 1. The molecule has 0 saturated heterocycles. The van der Waals surface area contributed by atoms with Crippen molar-refractivity contribution in [1.29, 1.82) is 0 Å². The monoisotopic (exact) mass is 325 g/mol. The van der Waals surface area contributed by atoms with Crippen molar-refractivity contribution in [1.82, 2.24) is 10.3 Å². The van der Waals surface area contributed by atoms with Crippen molar-refractivity contribution in [2.24, 2.45) is 0 Å². The van der Waals surface area contributed by atoms with E-state index in [-0.39, 0.29) is 17.2 Å². The highest BCUT2D eigenvalue weighted by Gasteiger charge is 2.17. The molecule has 0 fully saturated rings. The van der Waals surface area contributed by atoms with E-state index in [0.717, 1.165) is 11.3 Å². The van der Waals surface area contributed by atoms with Crippen LogP contribution in [-0.2, 0) is 6.54 Å². The number of rotatable bonds is 5. The number of amides is 1. The lowest BCUT2D eigenvalue weighted by atomic mass is 10.1. The summed E-state index contributed by atoms with van der Waals surface area (Å²) in [6, 6.07) is 11.7. The summed E-state index contributed by atoms with van der Waals surface area (Å²) in [6.45, 7) is 0.317. The summed E-state index contributed by atoms with van der Waals surface area (Å²) in [5, 5.41) is 14.5. The molecule has 3 aromatic rings. The molecule has 7 heteroatoms. The lowest BCUT2D eigenvalue weighted by Gasteiger charge is -2.07. The molecule has 24 heavy (non-hydrogen) atoms. The minimum Gasteiger partial charge on any atom is -0.497 e.